The van der Waals surface area contributed by atoms with Crippen LogP contribution in [0.2, 0.25) is 0 Å². The predicted molar refractivity (Wildman–Crippen MR) is 123 cm³/mol. The number of rotatable bonds is 8. The van der Waals surface area contributed by atoms with Gasteiger partial charge in [0.25, 0.3) is 0 Å². The second-order valence-electron chi connectivity index (χ2n) is 7.65. The van der Waals surface area contributed by atoms with E-state index in [1.54, 1.807) is 6.33 Å². The molecular formula is C19H38IN7. The van der Waals surface area contributed by atoms with E-state index in [0.29, 0.717) is 18.0 Å². The van der Waals surface area contributed by atoms with Crippen molar-refractivity contribution in [1.29, 1.82) is 0 Å². The zero-order valence-corrected chi connectivity index (χ0v) is 19.9. The summed E-state index contributed by atoms with van der Waals surface area (Å²) in [6.07, 6.45) is 4.88. The summed E-state index contributed by atoms with van der Waals surface area (Å²) in [6.45, 7) is 16.1. The average Bonchev–Trinajstić information content (AvgIpc) is 3.14. The summed E-state index contributed by atoms with van der Waals surface area (Å²) >= 11 is 0. The Morgan fingerprint density at radius 1 is 1.30 bits per heavy atom. The predicted octanol–water partition coefficient (Wildman–Crippen LogP) is 3.08. The topological polar surface area (TPSA) is 72.4 Å². The number of aromatic amines is 1. The molecule has 0 spiro atoms. The van der Waals surface area contributed by atoms with E-state index >= 15 is 0 Å². The Kier molecular flexibility index (Phi) is 11.2. The lowest BCUT2D eigenvalue weighted by Crippen LogP contribution is -2.45. The molecule has 2 N–H and O–H groups in total. The fourth-order valence-electron chi connectivity index (χ4n) is 3.75. The van der Waals surface area contributed by atoms with E-state index in [4.69, 9.17) is 4.99 Å². The molecule has 1 aliphatic heterocycles. The van der Waals surface area contributed by atoms with Gasteiger partial charge in [-0.1, -0.05) is 0 Å². The number of piperidine rings is 1. The summed E-state index contributed by atoms with van der Waals surface area (Å²) in [4.78, 5) is 14.1. The van der Waals surface area contributed by atoms with E-state index in [-0.39, 0.29) is 24.0 Å². The zero-order chi connectivity index (χ0) is 18.9. The zero-order valence-electron chi connectivity index (χ0n) is 17.6. The SMILES string of the molecule is CCNC(=NCCCN(C(C)C)C(C)C)N1CCC(c2ncn[nH]2)CC1.I. The van der Waals surface area contributed by atoms with Crippen molar-refractivity contribution in [2.75, 3.05) is 32.7 Å². The van der Waals surface area contributed by atoms with Crippen LogP contribution in [0.15, 0.2) is 11.3 Å². The Hall–Kier alpha value is -0.900. The van der Waals surface area contributed by atoms with Crippen molar-refractivity contribution in [3.63, 3.8) is 0 Å². The van der Waals surface area contributed by atoms with Crippen LogP contribution >= 0.6 is 24.0 Å². The molecule has 0 aliphatic carbocycles. The van der Waals surface area contributed by atoms with Gasteiger partial charge in [0.1, 0.15) is 12.2 Å². The van der Waals surface area contributed by atoms with Crippen molar-refractivity contribution in [1.82, 2.24) is 30.3 Å². The first-order valence-corrected chi connectivity index (χ1v) is 10.2. The van der Waals surface area contributed by atoms with Crippen LogP contribution in [0.1, 0.15) is 65.6 Å². The Balaban J connectivity index is 0.00000364. The van der Waals surface area contributed by atoms with Crippen LogP contribution in [0.4, 0.5) is 0 Å². The van der Waals surface area contributed by atoms with E-state index < -0.39 is 0 Å². The van der Waals surface area contributed by atoms with E-state index in [1.807, 2.05) is 0 Å². The van der Waals surface area contributed by atoms with E-state index in [2.05, 4.69) is 64.9 Å². The minimum Gasteiger partial charge on any atom is -0.357 e. The highest BCUT2D eigenvalue weighted by Crippen LogP contribution is 2.24. The first-order chi connectivity index (χ1) is 12.5. The van der Waals surface area contributed by atoms with Gasteiger partial charge in [0, 0.05) is 50.7 Å². The summed E-state index contributed by atoms with van der Waals surface area (Å²) in [6, 6.07) is 1.17. The molecule has 156 valence electrons. The van der Waals surface area contributed by atoms with Crippen molar-refractivity contribution >= 4 is 29.9 Å². The molecule has 0 bridgehead atoms. The van der Waals surface area contributed by atoms with Crippen molar-refractivity contribution in [3.8, 4) is 0 Å². The number of aliphatic imine (C=N–C) groups is 1. The van der Waals surface area contributed by atoms with Gasteiger partial charge in [-0.15, -0.1) is 24.0 Å². The van der Waals surface area contributed by atoms with Gasteiger partial charge < -0.3 is 10.2 Å². The minimum atomic E-state index is 0. The van der Waals surface area contributed by atoms with Crippen LogP contribution in [0.25, 0.3) is 0 Å². The Bertz CT molecular complexity index is 514. The summed E-state index contributed by atoms with van der Waals surface area (Å²) in [5, 5.41) is 10.5. The highest BCUT2D eigenvalue weighted by atomic mass is 127. The van der Waals surface area contributed by atoms with Gasteiger partial charge in [0.05, 0.1) is 0 Å². The summed E-state index contributed by atoms with van der Waals surface area (Å²) < 4.78 is 0. The lowest BCUT2D eigenvalue weighted by atomic mass is 9.96. The molecule has 1 saturated heterocycles. The number of aromatic nitrogens is 3. The van der Waals surface area contributed by atoms with Crippen LogP contribution in [0.3, 0.4) is 0 Å². The summed E-state index contributed by atoms with van der Waals surface area (Å²) in [5.41, 5.74) is 0. The van der Waals surface area contributed by atoms with Gasteiger partial charge in [-0.25, -0.2) is 4.98 Å². The Morgan fingerprint density at radius 3 is 2.48 bits per heavy atom. The van der Waals surface area contributed by atoms with Crippen molar-refractivity contribution in [3.05, 3.63) is 12.2 Å². The highest BCUT2D eigenvalue weighted by molar-refractivity contribution is 14.0. The molecule has 1 aliphatic rings. The van der Waals surface area contributed by atoms with Gasteiger partial charge >= 0.3 is 0 Å². The van der Waals surface area contributed by atoms with Crippen LogP contribution in [0.5, 0.6) is 0 Å². The molecule has 0 saturated carbocycles. The highest BCUT2D eigenvalue weighted by Gasteiger charge is 2.24. The number of hydrogen-bond acceptors (Lipinski definition) is 4. The standard InChI is InChI=1S/C19H37N7.HI/c1-6-20-19(21-10-7-11-26(15(2)3)16(4)5)25-12-8-17(9-13-25)18-22-14-23-24-18;/h14-17H,6-13H2,1-5H3,(H,20,21)(H,22,23,24);1H. The number of guanidine groups is 1. The van der Waals surface area contributed by atoms with Crippen LogP contribution in [0, 0.1) is 0 Å². The monoisotopic (exact) mass is 491 g/mol. The number of nitrogens with one attached hydrogen (secondary N) is 2. The lowest BCUT2D eigenvalue weighted by molar-refractivity contribution is 0.174. The van der Waals surface area contributed by atoms with Gasteiger partial charge in [-0.05, 0) is 53.9 Å². The Morgan fingerprint density at radius 2 is 1.96 bits per heavy atom. The molecule has 8 heteroatoms. The van der Waals surface area contributed by atoms with Gasteiger partial charge in [0.2, 0.25) is 0 Å². The first kappa shape index (κ1) is 24.1. The van der Waals surface area contributed by atoms with E-state index in [9.17, 15) is 0 Å². The second kappa shape index (κ2) is 12.5. The molecule has 0 atom stereocenters. The number of H-pyrrole nitrogens is 1. The van der Waals surface area contributed by atoms with Gasteiger partial charge in [0.15, 0.2) is 5.96 Å². The molecule has 0 aromatic carbocycles. The minimum absolute atomic E-state index is 0. The molecule has 0 radical (unpaired) electrons. The third-order valence-corrected chi connectivity index (χ3v) is 5.11. The molecule has 2 heterocycles. The first-order valence-electron chi connectivity index (χ1n) is 10.2. The van der Waals surface area contributed by atoms with Crippen LogP contribution < -0.4 is 5.32 Å². The van der Waals surface area contributed by atoms with E-state index in [1.165, 1.54) is 0 Å². The van der Waals surface area contributed by atoms with Crippen LogP contribution in [-0.4, -0.2) is 75.7 Å². The molecule has 27 heavy (non-hydrogen) atoms. The third-order valence-electron chi connectivity index (χ3n) is 5.11. The van der Waals surface area contributed by atoms with Crippen molar-refractivity contribution in [2.45, 2.75) is 71.9 Å². The fourth-order valence-corrected chi connectivity index (χ4v) is 3.75. The molecule has 1 aromatic rings. The number of halogens is 1. The molecule has 0 unspecified atom stereocenters. The quantitative estimate of drug-likeness (QED) is 0.253. The van der Waals surface area contributed by atoms with Crippen LogP contribution in [-0.2, 0) is 0 Å². The lowest BCUT2D eigenvalue weighted by Gasteiger charge is -2.33. The van der Waals surface area contributed by atoms with E-state index in [0.717, 1.165) is 63.8 Å². The summed E-state index contributed by atoms with van der Waals surface area (Å²) in [5.74, 6) is 2.57. The third kappa shape index (κ3) is 7.56. The molecule has 1 fully saturated rings. The van der Waals surface area contributed by atoms with Gasteiger partial charge in [-0.2, -0.15) is 5.10 Å². The maximum atomic E-state index is 4.88. The van der Waals surface area contributed by atoms with Crippen molar-refractivity contribution in [2.24, 2.45) is 4.99 Å². The van der Waals surface area contributed by atoms with Crippen molar-refractivity contribution < 1.29 is 0 Å². The normalized spacial score (nSPS) is 16.3. The van der Waals surface area contributed by atoms with Gasteiger partial charge in [-0.3, -0.25) is 15.0 Å². The maximum Gasteiger partial charge on any atom is 0.193 e. The molecule has 7 nitrogen and oxygen atoms in total. The Labute approximate surface area is 181 Å². The number of likely N-dealkylation sites (tertiary alicyclic amines) is 1. The number of hydrogen-bond donors (Lipinski definition) is 2. The molecule has 0 amide bonds. The fraction of sp³-hybridized carbons (Fsp3) is 0.842. The number of nitrogens with zero attached hydrogens (tertiary/aromatic N) is 5. The summed E-state index contributed by atoms with van der Waals surface area (Å²) in [7, 11) is 0. The maximum absolute atomic E-state index is 4.88. The molecule has 1 aromatic heterocycles. The molecular weight excluding hydrogens is 453 g/mol. The largest absolute Gasteiger partial charge is 0.357 e. The second-order valence-corrected chi connectivity index (χ2v) is 7.65. The molecule has 2 rings (SSSR count). The average molecular weight is 491 g/mol. The smallest absolute Gasteiger partial charge is 0.193 e.